The number of azide groups is 1. The van der Waals surface area contributed by atoms with Crippen LogP contribution < -0.4 is 5.32 Å². The molecule has 60 valence electrons. The first kappa shape index (κ1) is 9.52. The van der Waals surface area contributed by atoms with Crippen LogP contribution in [0, 0.1) is 0 Å². The molecule has 1 amide bonds. The smallest absolute Gasteiger partial charge is 0.223 e. The van der Waals surface area contributed by atoms with Gasteiger partial charge in [-0.15, -0.1) is 6.58 Å². The van der Waals surface area contributed by atoms with Crippen molar-refractivity contribution in [3.8, 4) is 0 Å². The van der Waals surface area contributed by atoms with Crippen LogP contribution in [-0.4, -0.2) is 19.0 Å². The molecule has 0 aromatic rings. The SMILES string of the molecule is C=CCC(=O)NCCN=[N+]=[N-]. The Labute approximate surface area is 64.7 Å². The molecule has 0 saturated carbocycles. The van der Waals surface area contributed by atoms with Crippen molar-refractivity contribution >= 4 is 5.91 Å². The van der Waals surface area contributed by atoms with Gasteiger partial charge in [-0.05, 0) is 5.53 Å². The number of carbonyl (C=O) groups excluding carboxylic acids is 1. The summed E-state index contributed by atoms with van der Waals surface area (Å²) in [6.07, 6.45) is 1.82. The molecule has 0 heterocycles. The Morgan fingerprint density at radius 3 is 3.09 bits per heavy atom. The van der Waals surface area contributed by atoms with E-state index in [4.69, 9.17) is 5.53 Å². The summed E-state index contributed by atoms with van der Waals surface area (Å²) in [5.41, 5.74) is 7.86. The molecule has 1 N–H and O–H groups in total. The maximum atomic E-state index is 10.7. The van der Waals surface area contributed by atoms with Gasteiger partial charge < -0.3 is 5.32 Å². The van der Waals surface area contributed by atoms with Crippen molar-refractivity contribution in [2.24, 2.45) is 5.11 Å². The minimum absolute atomic E-state index is 0.104. The molecule has 0 aromatic carbocycles. The van der Waals surface area contributed by atoms with Gasteiger partial charge in [-0.2, -0.15) is 0 Å². The van der Waals surface area contributed by atoms with Gasteiger partial charge in [-0.3, -0.25) is 4.79 Å². The van der Waals surface area contributed by atoms with E-state index < -0.39 is 0 Å². The summed E-state index contributed by atoms with van der Waals surface area (Å²) in [6, 6.07) is 0. The quantitative estimate of drug-likeness (QED) is 0.207. The third-order valence-corrected chi connectivity index (χ3v) is 0.927. The summed E-state index contributed by atoms with van der Waals surface area (Å²) in [5, 5.41) is 5.79. The summed E-state index contributed by atoms with van der Waals surface area (Å²) in [7, 11) is 0. The van der Waals surface area contributed by atoms with E-state index in [0.717, 1.165) is 0 Å². The highest BCUT2D eigenvalue weighted by Gasteiger charge is 1.93. The van der Waals surface area contributed by atoms with Gasteiger partial charge >= 0.3 is 0 Å². The van der Waals surface area contributed by atoms with Crippen LogP contribution >= 0.6 is 0 Å². The zero-order valence-electron chi connectivity index (χ0n) is 6.16. The van der Waals surface area contributed by atoms with E-state index in [0.29, 0.717) is 19.5 Å². The number of nitrogens with zero attached hydrogens (tertiary/aromatic N) is 3. The van der Waals surface area contributed by atoms with Gasteiger partial charge in [-0.25, -0.2) is 0 Å². The predicted molar refractivity (Wildman–Crippen MR) is 41.8 cm³/mol. The lowest BCUT2D eigenvalue weighted by Crippen LogP contribution is -2.24. The number of nitrogens with one attached hydrogen (secondary N) is 1. The molecule has 0 fully saturated rings. The van der Waals surface area contributed by atoms with Crippen LogP contribution in [0.4, 0.5) is 0 Å². The normalized spacial score (nSPS) is 8.00. The van der Waals surface area contributed by atoms with Crippen LogP contribution in [0.3, 0.4) is 0 Å². The number of hydrogen-bond donors (Lipinski definition) is 1. The maximum Gasteiger partial charge on any atom is 0.223 e. The predicted octanol–water partition coefficient (Wildman–Crippen LogP) is 0.989. The molecular weight excluding hydrogens is 144 g/mol. The monoisotopic (exact) mass is 154 g/mol. The molecule has 0 aliphatic carbocycles. The molecular formula is C6H10N4O. The molecule has 0 radical (unpaired) electrons. The first-order valence-corrected chi connectivity index (χ1v) is 3.19. The first-order valence-electron chi connectivity index (χ1n) is 3.19. The summed E-state index contributed by atoms with van der Waals surface area (Å²) in [6.45, 7) is 4.08. The van der Waals surface area contributed by atoms with Gasteiger partial charge in [-0.1, -0.05) is 11.2 Å². The van der Waals surface area contributed by atoms with Crippen molar-refractivity contribution in [1.29, 1.82) is 0 Å². The molecule has 0 spiro atoms. The van der Waals surface area contributed by atoms with Crippen LogP contribution in [0.1, 0.15) is 6.42 Å². The van der Waals surface area contributed by atoms with Crippen LogP contribution in [0.2, 0.25) is 0 Å². The average Bonchev–Trinajstić information content (AvgIpc) is 1.99. The summed E-state index contributed by atoms with van der Waals surface area (Å²) in [5.74, 6) is -0.104. The van der Waals surface area contributed by atoms with E-state index in [1.165, 1.54) is 6.08 Å². The topological polar surface area (TPSA) is 77.9 Å². The van der Waals surface area contributed by atoms with Crippen LogP contribution in [0.25, 0.3) is 10.4 Å². The highest BCUT2D eigenvalue weighted by molar-refractivity contribution is 5.77. The molecule has 0 aromatic heterocycles. The Morgan fingerprint density at radius 1 is 1.82 bits per heavy atom. The number of hydrogen-bond acceptors (Lipinski definition) is 2. The first-order chi connectivity index (χ1) is 5.31. The van der Waals surface area contributed by atoms with Crippen molar-refractivity contribution in [3.05, 3.63) is 23.1 Å². The van der Waals surface area contributed by atoms with E-state index in [1.54, 1.807) is 0 Å². The molecule has 0 saturated heterocycles. The minimum atomic E-state index is -0.104. The Balaban J connectivity index is 3.30. The van der Waals surface area contributed by atoms with Gasteiger partial charge in [0.2, 0.25) is 5.91 Å². The minimum Gasteiger partial charge on any atom is -0.356 e. The summed E-state index contributed by atoms with van der Waals surface area (Å²) in [4.78, 5) is 13.2. The highest BCUT2D eigenvalue weighted by Crippen LogP contribution is 1.78. The van der Waals surface area contributed by atoms with Gasteiger partial charge in [0.15, 0.2) is 0 Å². The molecule has 0 bridgehead atoms. The molecule has 5 nitrogen and oxygen atoms in total. The van der Waals surface area contributed by atoms with Crippen molar-refractivity contribution in [1.82, 2.24) is 5.32 Å². The van der Waals surface area contributed by atoms with Crippen molar-refractivity contribution in [2.75, 3.05) is 13.1 Å². The zero-order valence-corrected chi connectivity index (χ0v) is 6.16. The third-order valence-electron chi connectivity index (χ3n) is 0.927. The molecule has 0 rings (SSSR count). The molecule has 0 aliphatic heterocycles. The van der Waals surface area contributed by atoms with E-state index >= 15 is 0 Å². The second-order valence-corrected chi connectivity index (χ2v) is 1.80. The molecule has 5 heteroatoms. The summed E-state index contributed by atoms with van der Waals surface area (Å²) < 4.78 is 0. The second-order valence-electron chi connectivity index (χ2n) is 1.80. The van der Waals surface area contributed by atoms with Crippen LogP contribution in [0.5, 0.6) is 0 Å². The van der Waals surface area contributed by atoms with Gasteiger partial charge in [0.05, 0.1) is 0 Å². The fourth-order valence-corrected chi connectivity index (χ4v) is 0.493. The highest BCUT2D eigenvalue weighted by atomic mass is 16.1. The fourth-order valence-electron chi connectivity index (χ4n) is 0.493. The molecule has 0 aliphatic rings. The largest absolute Gasteiger partial charge is 0.356 e. The Kier molecular flexibility index (Phi) is 5.74. The van der Waals surface area contributed by atoms with E-state index in [-0.39, 0.29) is 5.91 Å². The van der Waals surface area contributed by atoms with Crippen molar-refractivity contribution in [2.45, 2.75) is 6.42 Å². The standard InChI is InChI=1S/C6H10N4O/c1-2-3-6(11)8-4-5-9-10-7/h2H,1,3-5H2,(H,8,11). The van der Waals surface area contributed by atoms with Gasteiger partial charge in [0.1, 0.15) is 0 Å². The van der Waals surface area contributed by atoms with Crippen LogP contribution in [-0.2, 0) is 4.79 Å². The Morgan fingerprint density at radius 2 is 2.55 bits per heavy atom. The van der Waals surface area contributed by atoms with Crippen molar-refractivity contribution < 1.29 is 4.79 Å². The third kappa shape index (κ3) is 6.40. The van der Waals surface area contributed by atoms with E-state index in [2.05, 4.69) is 21.9 Å². The number of rotatable bonds is 5. The van der Waals surface area contributed by atoms with E-state index in [1.807, 2.05) is 0 Å². The average molecular weight is 154 g/mol. The fraction of sp³-hybridized carbons (Fsp3) is 0.500. The number of carbonyl (C=O) groups is 1. The molecule has 0 atom stereocenters. The van der Waals surface area contributed by atoms with Crippen molar-refractivity contribution in [3.63, 3.8) is 0 Å². The maximum absolute atomic E-state index is 10.7. The number of amides is 1. The molecule has 11 heavy (non-hydrogen) atoms. The zero-order chi connectivity index (χ0) is 8.53. The van der Waals surface area contributed by atoms with Gasteiger partial charge in [0, 0.05) is 24.4 Å². The Hall–Kier alpha value is -1.48. The lowest BCUT2D eigenvalue weighted by atomic mass is 10.4. The summed E-state index contributed by atoms with van der Waals surface area (Å²) >= 11 is 0. The van der Waals surface area contributed by atoms with Gasteiger partial charge in [0.25, 0.3) is 0 Å². The second kappa shape index (κ2) is 6.64. The Bertz CT molecular complexity index is 183. The lowest BCUT2D eigenvalue weighted by molar-refractivity contribution is -0.120. The lowest BCUT2D eigenvalue weighted by Gasteiger charge is -1.97. The molecule has 0 unspecified atom stereocenters. The van der Waals surface area contributed by atoms with E-state index in [9.17, 15) is 4.79 Å². The van der Waals surface area contributed by atoms with Crippen LogP contribution in [0.15, 0.2) is 17.8 Å².